The molecular weight excluding hydrogens is 346 g/mol. The van der Waals surface area contributed by atoms with Crippen molar-refractivity contribution in [3.63, 3.8) is 0 Å². The van der Waals surface area contributed by atoms with Crippen molar-refractivity contribution in [2.24, 2.45) is 5.73 Å². The van der Waals surface area contributed by atoms with Gasteiger partial charge in [0.05, 0.1) is 18.2 Å². The predicted molar refractivity (Wildman–Crippen MR) is 108 cm³/mol. The number of ketones is 1. The molecule has 5 atom stereocenters. The molecule has 0 spiro atoms. The zero-order valence-corrected chi connectivity index (χ0v) is 17.4. The summed E-state index contributed by atoms with van der Waals surface area (Å²) >= 11 is 0. The first-order valence-corrected chi connectivity index (χ1v) is 10.8. The van der Waals surface area contributed by atoms with Crippen LogP contribution in [0, 0.1) is 0 Å². The molecule has 162 valence electrons. The number of rotatable bonds is 18. The molecule has 6 heteroatoms. The van der Waals surface area contributed by atoms with Crippen LogP contribution >= 0.6 is 0 Å². The zero-order valence-electron chi connectivity index (χ0n) is 17.4. The summed E-state index contributed by atoms with van der Waals surface area (Å²) in [7, 11) is 0. The molecule has 0 aromatic rings. The van der Waals surface area contributed by atoms with Crippen LogP contribution in [-0.2, 0) is 4.79 Å². The van der Waals surface area contributed by atoms with Crippen LogP contribution in [-0.4, -0.2) is 56.7 Å². The Morgan fingerprint density at radius 2 is 1.19 bits per heavy atom. The number of aliphatic hydroxyl groups excluding tert-OH is 4. The van der Waals surface area contributed by atoms with Gasteiger partial charge in [0, 0.05) is 0 Å². The summed E-state index contributed by atoms with van der Waals surface area (Å²) < 4.78 is 0. The lowest BCUT2D eigenvalue weighted by molar-refractivity contribution is -0.138. The number of aliphatic hydroxyl groups is 4. The van der Waals surface area contributed by atoms with Gasteiger partial charge in [-0.15, -0.1) is 0 Å². The second-order valence-electron chi connectivity index (χ2n) is 7.84. The molecule has 6 N–H and O–H groups in total. The third-order valence-electron chi connectivity index (χ3n) is 5.21. The van der Waals surface area contributed by atoms with Crippen LogP contribution < -0.4 is 5.73 Å². The van der Waals surface area contributed by atoms with Gasteiger partial charge in [0.25, 0.3) is 0 Å². The van der Waals surface area contributed by atoms with Gasteiger partial charge in [0.1, 0.15) is 12.2 Å². The Bertz CT molecular complexity index is 364. The van der Waals surface area contributed by atoms with E-state index in [1.807, 2.05) is 0 Å². The lowest BCUT2D eigenvalue weighted by atomic mass is 9.93. The van der Waals surface area contributed by atoms with Crippen LogP contribution in [0.25, 0.3) is 0 Å². The second kappa shape index (κ2) is 16.4. The van der Waals surface area contributed by atoms with Crippen molar-refractivity contribution < 1.29 is 25.2 Å². The molecule has 0 radical (unpaired) electrons. The van der Waals surface area contributed by atoms with Crippen molar-refractivity contribution in [3.8, 4) is 0 Å². The van der Waals surface area contributed by atoms with E-state index in [9.17, 15) is 25.2 Å². The second-order valence-corrected chi connectivity index (χ2v) is 7.84. The molecule has 0 amide bonds. The topological polar surface area (TPSA) is 124 Å². The smallest absolute Gasteiger partial charge is 0.190 e. The Kier molecular flexibility index (Phi) is 16.1. The Morgan fingerprint density at radius 3 is 1.59 bits per heavy atom. The largest absolute Gasteiger partial charge is 0.390 e. The molecule has 0 aliphatic heterocycles. The molecule has 0 aliphatic carbocycles. The van der Waals surface area contributed by atoms with Crippen LogP contribution in [0.5, 0.6) is 0 Å². The average Bonchev–Trinajstić information content (AvgIpc) is 2.66. The number of hydrogen-bond acceptors (Lipinski definition) is 6. The van der Waals surface area contributed by atoms with Gasteiger partial charge >= 0.3 is 0 Å². The quantitative estimate of drug-likeness (QED) is 0.229. The Labute approximate surface area is 165 Å². The van der Waals surface area contributed by atoms with Gasteiger partial charge in [-0.25, -0.2) is 0 Å². The van der Waals surface area contributed by atoms with Crippen LogP contribution in [0.4, 0.5) is 0 Å². The SMILES string of the molecule is CCCCCCCCCCCCCC[C@@H](O)[C@@H](O)[C@@H](N)C(O)C(=O)C(C)O. The van der Waals surface area contributed by atoms with E-state index >= 15 is 0 Å². The molecule has 0 aromatic carbocycles. The molecule has 2 unspecified atom stereocenters. The lowest BCUT2D eigenvalue weighted by Gasteiger charge is -2.27. The summed E-state index contributed by atoms with van der Waals surface area (Å²) in [6.45, 7) is 3.46. The first-order valence-electron chi connectivity index (χ1n) is 10.8. The number of carbonyl (C=O) groups excluding carboxylic acids is 1. The number of hydrogen-bond donors (Lipinski definition) is 5. The maximum Gasteiger partial charge on any atom is 0.190 e. The minimum absolute atomic E-state index is 0.377. The van der Waals surface area contributed by atoms with Gasteiger partial charge in [-0.05, 0) is 13.3 Å². The van der Waals surface area contributed by atoms with E-state index in [1.165, 1.54) is 64.7 Å². The monoisotopic (exact) mass is 389 g/mol. The maximum absolute atomic E-state index is 11.5. The van der Waals surface area contributed by atoms with Crippen LogP contribution in [0.1, 0.15) is 97.3 Å². The molecule has 0 rings (SSSR count). The van der Waals surface area contributed by atoms with Gasteiger partial charge in [-0.2, -0.15) is 0 Å². The normalized spacial score (nSPS) is 17.3. The zero-order chi connectivity index (χ0) is 20.7. The van der Waals surface area contributed by atoms with Gasteiger partial charge in [-0.3, -0.25) is 4.79 Å². The number of nitrogens with two attached hydrogens (primary N) is 1. The van der Waals surface area contributed by atoms with E-state index in [1.54, 1.807) is 0 Å². The fourth-order valence-corrected chi connectivity index (χ4v) is 3.25. The first kappa shape index (κ1) is 26.5. The van der Waals surface area contributed by atoms with E-state index in [-0.39, 0.29) is 0 Å². The minimum Gasteiger partial charge on any atom is -0.390 e. The fraction of sp³-hybridized carbons (Fsp3) is 0.952. The van der Waals surface area contributed by atoms with Gasteiger partial charge in [0.15, 0.2) is 5.78 Å². The van der Waals surface area contributed by atoms with Crippen molar-refractivity contribution in [1.82, 2.24) is 0 Å². The molecule has 0 fully saturated rings. The van der Waals surface area contributed by atoms with Crippen molar-refractivity contribution in [2.45, 2.75) is 128 Å². The van der Waals surface area contributed by atoms with Gasteiger partial charge in [0.2, 0.25) is 0 Å². The fourth-order valence-electron chi connectivity index (χ4n) is 3.25. The van der Waals surface area contributed by atoms with Crippen LogP contribution in [0.2, 0.25) is 0 Å². The molecule has 6 nitrogen and oxygen atoms in total. The summed E-state index contributed by atoms with van der Waals surface area (Å²) in [5.41, 5.74) is 5.65. The highest BCUT2D eigenvalue weighted by Crippen LogP contribution is 2.15. The number of Topliss-reactive ketones (excluding diaryl/α,β-unsaturated/α-hetero) is 1. The summed E-state index contributed by atoms with van der Waals surface area (Å²) in [4.78, 5) is 11.5. The molecular formula is C21H43NO5. The minimum atomic E-state index is -1.68. The Morgan fingerprint density at radius 1 is 0.778 bits per heavy atom. The van der Waals surface area contributed by atoms with Crippen LogP contribution in [0.3, 0.4) is 0 Å². The highest BCUT2D eigenvalue weighted by molar-refractivity contribution is 5.87. The van der Waals surface area contributed by atoms with Crippen molar-refractivity contribution in [2.75, 3.05) is 0 Å². The number of carbonyl (C=O) groups is 1. The average molecular weight is 390 g/mol. The molecule has 0 saturated heterocycles. The summed E-state index contributed by atoms with van der Waals surface area (Å²) in [5.74, 6) is -0.848. The highest BCUT2D eigenvalue weighted by atomic mass is 16.3. The van der Waals surface area contributed by atoms with E-state index in [0.717, 1.165) is 19.3 Å². The van der Waals surface area contributed by atoms with E-state index in [0.29, 0.717) is 6.42 Å². The van der Waals surface area contributed by atoms with Crippen molar-refractivity contribution >= 4 is 5.78 Å². The summed E-state index contributed by atoms with van der Waals surface area (Å²) in [6, 6.07) is -1.31. The molecule has 0 saturated carbocycles. The van der Waals surface area contributed by atoms with Crippen molar-refractivity contribution in [1.29, 1.82) is 0 Å². The maximum atomic E-state index is 11.5. The van der Waals surface area contributed by atoms with E-state index in [4.69, 9.17) is 5.73 Å². The first-order chi connectivity index (χ1) is 12.8. The van der Waals surface area contributed by atoms with E-state index in [2.05, 4.69) is 6.92 Å². The summed E-state index contributed by atoms with van der Waals surface area (Å²) in [5, 5.41) is 38.9. The Balaban J connectivity index is 3.70. The van der Waals surface area contributed by atoms with Crippen molar-refractivity contribution in [3.05, 3.63) is 0 Å². The van der Waals surface area contributed by atoms with E-state index < -0.39 is 36.2 Å². The third kappa shape index (κ3) is 12.5. The number of unbranched alkanes of at least 4 members (excludes halogenated alkanes) is 11. The standard InChI is InChI=1S/C21H43NO5/c1-3-4-5-6-7-8-9-10-11-12-13-14-15-17(24)20(26)18(22)21(27)19(25)16(2)23/h16-18,20-21,23-24,26-27H,3-15,22H2,1-2H3/t16?,17-,18-,20-,21?/m1/s1. The molecule has 0 aromatic heterocycles. The third-order valence-corrected chi connectivity index (χ3v) is 5.21. The summed E-state index contributed by atoms with van der Waals surface area (Å²) in [6.07, 6.45) is 9.45. The molecule has 27 heavy (non-hydrogen) atoms. The van der Waals surface area contributed by atoms with Gasteiger partial charge < -0.3 is 26.2 Å². The highest BCUT2D eigenvalue weighted by Gasteiger charge is 2.34. The molecule has 0 heterocycles. The molecule has 0 aliphatic rings. The van der Waals surface area contributed by atoms with Gasteiger partial charge in [-0.1, -0.05) is 84.0 Å². The molecule has 0 bridgehead atoms. The Hall–Kier alpha value is -0.530. The van der Waals surface area contributed by atoms with Crippen LogP contribution in [0.15, 0.2) is 0 Å². The predicted octanol–water partition coefficient (Wildman–Crippen LogP) is 2.44. The lowest BCUT2D eigenvalue weighted by Crippen LogP contribution is -2.54.